The van der Waals surface area contributed by atoms with E-state index in [0.29, 0.717) is 29.2 Å². The van der Waals surface area contributed by atoms with Gasteiger partial charge in [0.15, 0.2) is 0 Å². The second kappa shape index (κ2) is 4.85. The van der Waals surface area contributed by atoms with Crippen LogP contribution < -0.4 is 5.69 Å². The molecule has 1 N–H and O–H groups in total. The van der Waals surface area contributed by atoms with E-state index < -0.39 is 0 Å². The topological polar surface area (TPSA) is 47.0 Å². The summed E-state index contributed by atoms with van der Waals surface area (Å²) in [6.45, 7) is 3.44. The highest BCUT2D eigenvalue weighted by atomic mass is 35.5. The van der Waals surface area contributed by atoms with Gasteiger partial charge < -0.3 is 9.72 Å². The first-order valence-electron chi connectivity index (χ1n) is 6.25. The second-order valence-electron chi connectivity index (χ2n) is 4.99. The van der Waals surface area contributed by atoms with Crippen LogP contribution in [0.3, 0.4) is 0 Å². The van der Waals surface area contributed by atoms with Gasteiger partial charge in [0.2, 0.25) is 0 Å². The van der Waals surface area contributed by atoms with E-state index in [-0.39, 0.29) is 11.7 Å². The maximum atomic E-state index is 12.2. The summed E-state index contributed by atoms with van der Waals surface area (Å²) in [6.07, 6.45) is 0.828. The van der Waals surface area contributed by atoms with Gasteiger partial charge in [-0.15, -0.1) is 0 Å². The predicted octanol–water partition coefficient (Wildman–Crippen LogP) is 3.23. The van der Waals surface area contributed by atoms with Gasteiger partial charge in [-0.25, -0.2) is 4.79 Å². The van der Waals surface area contributed by atoms with Crippen molar-refractivity contribution in [2.45, 2.75) is 19.4 Å². The van der Waals surface area contributed by atoms with Crippen LogP contribution in [0.5, 0.6) is 0 Å². The van der Waals surface area contributed by atoms with Crippen molar-refractivity contribution in [3.8, 4) is 0 Å². The molecule has 1 saturated heterocycles. The molecule has 1 aromatic heterocycles. The van der Waals surface area contributed by atoms with Crippen LogP contribution in [0.1, 0.15) is 19.4 Å². The Labute approximate surface area is 120 Å². The molecule has 0 amide bonds. The SMILES string of the molecule is C[C@H]1COCCC1n1c(=O)[nH]c2cc(Cl)c(Cl)cc21. The van der Waals surface area contributed by atoms with Crippen molar-refractivity contribution in [3.05, 3.63) is 32.7 Å². The van der Waals surface area contributed by atoms with Crippen LogP contribution in [-0.2, 0) is 4.74 Å². The Bertz CT molecular complexity index is 677. The van der Waals surface area contributed by atoms with E-state index in [1.54, 1.807) is 16.7 Å². The summed E-state index contributed by atoms with van der Waals surface area (Å²) in [4.78, 5) is 15.0. The molecule has 0 aliphatic carbocycles. The zero-order valence-electron chi connectivity index (χ0n) is 10.5. The molecule has 0 spiro atoms. The number of nitrogens with one attached hydrogen (secondary N) is 1. The predicted molar refractivity (Wildman–Crippen MR) is 76.2 cm³/mol. The van der Waals surface area contributed by atoms with Crippen LogP contribution in [0, 0.1) is 5.92 Å². The van der Waals surface area contributed by atoms with Crippen molar-refractivity contribution in [1.29, 1.82) is 0 Å². The lowest BCUT2D eigenvalue weighted by atomic mass is 9.97. The van der Waals surface area contributed by atoms with Crippen molar-refractivity contribution in [2.24, 2.45) is 5.92 Å². The molecule has 0 radical (unpaired) electrons. The fraction of sp³-hybridized carbons (Fsp3) is 0.462. The molecular formula is C13H14Cl2N2O2. The molecule has 1 aliphatic rings. The standard InChI is InChI=1S/C13H14Cl2N2O2/c1-7-6-19-3-2-11(7)17-12-5-9(15)8(14)4-10(12)16-13(17)18/h4-5,7,11H,2-3,6H2,1H3,(H,16,18)/t7-,11?/m0/s1. The molecule has 6 heteroatoms. The van der Waals surface area contributed by atoms with E-state index in [4.69, 9.17) is 27.9 Å². The Morgan fingerprint density at radius 2 is 2.11 bits per heavy atom. The number of imidazole rings is 1. The minimum atomic E-state index is -0.118. The molecule has 3 rings (SSSR count). The summed E-state index contributed by atoms with van der Waals surface area (Å²) < 4.78 is 7.21. The highest BCUT2D eigenvalue weighted by Gasteiger charge is 2.26. The van der Waals surface area contributed by atoms with Crippen LogP contribution in [0.2, 0.25) is 10.0 Å². The van der Waals surface area contributed by atoms with E-state index in [9.17, 15) is 4.79 Å². The van der Waals surface area contributed by atoms with Gasteiger partial charge in [-0.2, -0.15) is 0 Å². The molecule has 2 heterocycles. The number of nitrogens with zero attached hydrogens (tertiary/aromatic N) is 1. The molecular weight excluding hydrogens is 287 g/mol. The van der Waals surface area contributed by atoms with Crippen LogP contribution in [-0.4, -0.2) is 22.8 Å². The van der Waals surface area contributed by atoms with Crippen LogP contribution in [0.15, 0.2) is 16.9 Å². The minimum Gasteiger partial charge on any atom is -0.381 e. The number of halogens is 2. The van der Waals surface area contributed by atoms with Crippen molar-refractivity contribution >= 4 is 34.2 Å². The number of aromatic amines is 1. The monoisotopic (exact) mass is 300 g/mol. The Morgan fingerprint density at radius 3 is 2.84 bits per heavy atom. The number of H-pyrrole nitrogens is 1. The number of benzene rings is 1. The maximum absolute atomic E-state index is 12.2. The van der Waals surface area contributed by atoms with Gasteiger partial charge in [-0.3, -0.25) is 4.57 Å². The molecule has 19 heavy (non-hydrogen) atoms. The fourth-order valence-electron chi connectivity index (χ4n) is 2.70. The third kappa shape index (κ3) is 2.18. The Morgan fingerprint density at radius 1 is 1.37 bits per heavy atom. The van der Waals surface area contributed by atoms with Crippen LogP contribution in [0.25, 0.3) is 11.0 Å². The van der Waals surface area contributed by atoms with Crippen molar-refractivity contribution in [2.75, 3.05) is 13.2 Å². The number of hydrogen-bond donors (Lipinski definition) is 1. The summed E-state index contributed by atoms with van der Waals surface area (Å²) >= 11 is 12.0. The molecule has 1 unspecified atom stereocenters. The molecule has 1 aliphatic heterocycles. The lowest BCUT2D eigenvalue weighted by molar-refractivity contribution is 0.0289. The summed E-state index contributed by atoms with van der Waals surface area (Å²) in [5.41, 5.74) is 1.41. The number of rotatable bonds is 1. The van der Waals surface area contributed by atoms with Crippen molar-refractivity contribution in [1.82, 2.24) is 9.55 Å². The lowest BCUT2D eigenvalue weighted by Crippen LogP contribution is -2.33. The molecule has 1 fully saturated rings. The van der Waals surface area contributed by atoms with Gasteiger partial charge in [0.05, 0.1) is 27.7 Å². The van der Waals surface area contributed by atoms with E-state index in [1.165, 1.54) is 0 Å². The smallest absolute Gasteiger partial charge is 0.326 e. The summed E-state index contributed by atoms with van der Waals surface area (Å²) in [6, 6.07) is 3.58. The molecule has 0 bridgehead atoms. The first kappa shape index (κ1) is 13.0. The number of hydrogen-bond acceptors (Lipinski definition) is 2. The molecule has 2 atom stereocenters. The zero-order chi connectivity index (χ0) is 13.6. The van der Waals surface area contributed by atoms with E-state index >= 15 is 0 Å². The first-order valence-corrected chi connectivity index (χ1v) is 7.00. The van der Waals surface area contributed by atoms with Crippen molar-refractivity contribution in [3.63, 3.8) is 0 Å². The van der Waals surface area contributed by atoms with Gasteiger partial charge in [0, 0.05) is 18.6 Å². The normalized spacial score (nSPS) is 23.9. The van der Waals surface area contributed by atoms with E-state index in [2.05, 4.69) is 11.9 Å². The first-order chi connectivity index (χ1) is 9.08. The zero-order valence-corrected chi connectivity index (χ0v) is 12.0. The summed E-state index contributed by atoms with van der Waals surface area (Å²) in [5.74, 6) is 0.292. The molecule has 0 saturated carbocycles. The van der Waals surface area contributed by atoms with Gasteiger partial charge in [0.25, 0.3) is 0 Å². The highest BCUT2D eigenvalue weighted by molar-refractivity contribution is 6.42. The molecule has 2 aromatic rings. The maximum Gasteiger partial charge on any atom is 0.326 e. The molecule has 102 valence electrons. The quantitative estimate of drug-likeness (QED) is 0.879. The summed E-state index contributed by atoms with van der Waals surface area (Å²) in [7, 11) is 0. The fourth-order valence-corrected chi connectivity index (χ4v) is 3.02. The Balaban J connectivity index is 2.19. The van der Waals surface area contributed by atoms with Crippen LogP contribution >= 0.6 is 23.2 Å². The van der Waals surface area contributed by atoms with E-state index in [1.807, 2.05) is 0 Å². The Kier molecular flexibility index (Phi) is 3.33. The molecule has 1 aromatic carbocycles. The average molecular weight is 301 g/mol. The Hall–Kier alpha value is -0.970. The summed E-state index contributed by atoms with van der Waals surface area (Å²) in [5, 5.41) is 0.907. The highest BCUT2D eigenvalue weighted by Crippen LogP contribution is 2.31. The molecule has 4 nitrogen and oxygen atoms in total. The third-order valence-electron chi connectivity index (χ3n) is 3.69. The number of aromatic nitrogens is 2. The largest absolute Gasteiger partial charge is 0.381 e. The van der Waals surface area contributed by atoms with Gasteiger partial charge >= 0.3 is 5.69 Å². The van der Waals surface area contributed by atoms with Crippen LogP contribution in [0.4, 0.5) is 0 Å². The second-order valence-corrected chi connectivity index (χ2v) is 5.81. The third-order valence-corrected chi connectivity index (χ3v) is 4.41. The lowest BCUT2D eigenvalue weighted by Gasteiger charge is -2.29. The van der Waals surface area contributed by atoms with Gasteiger partial charge in [-0.1, -0.05) is 30.1 Å². The van der Waals surface area contributed by atoms with Gasteiger partial charge in [-0.05, 0) is 18.6 Å². The number of fused-ring (bicyclic) bond motifs is 1. The van der Waals surface area contributed by atoms with Crippen molar-refractivity contribution < 1.29 is 4.74 Å². The average Bonchev–Trinajstić information content (AvgIpc) is 2.66. The number of ether oxygens (including phenoxy) is 1. The minimum absolute atomic E-state index is 0.118. The van der Waals surface area contributed by atoms with E-state index in [0.717, 1.165) is 17.5 Å². The van der Waals surface area contributed by atoms with Gasteiger partial charge in [0.1, 0.15) is 0 Å².